The first-order chi connectivity index (χ1) is 14.0. The molecule has 0 radical (unpaired) electrons. The van der Waals surface area contributed by atoms with Gasteiger partial charge in [-0.25, -0.2) is 0 Å². The molecule has 5 aliphatic rings. The Hall–Kier alpha value is -2.25. The van der Waals surface area contributed by atoms with Crippen LogP contribution in [0.5, 0.6) is 11.5 Å². The van der Waals surface area contributed by atoms with Crippen LogP contribution in [-0.2, 0) is 19.7 Å². The number of methoxy groups -OCH3 is 3. The highest BCUT2D eigenvalue weighted by Crippen LogP contribution is 2.73. The van der Waals surface area contributed by atoms with Crippen molar-refractivity contribution in [3.8, 4) is 11.5 Å². The standard InChI is InChI=1S/C22H26N2O5/c1-5-11-10-24-16-8-13(11)18(20(25)28-4)21-9-17(24)29-22(16,21)23-19-14(21)6-12(26-2)7-15(19)27-3/h5-7,13,16-18,23H,8-10H2,1-4H3/t13-,16-,17-,18+,21-,22-/m0/s1. The number of hydrogen-bond donors (Lipinski definition) is 1. The minimum absolute atomic E-state index is 0.0128. The largest absolute Gasteiger partial charge is 0.497 e. The summed E-state index contributed by atoms with van der Waals surface area (Å²) in [6, 6.07) is 4.15. The third-order valence-corrected chi connectivity index (χ3v) is 8.12. The number of allylic oxidation sites excluding steroid dienone is 1. The van der Waals surface area contributed by atoms with E-state index in [0.29, 0.717) is 5.75 Å². The molecule has 154 valence electrons. The van der Waals surface area contributed by atoms with Crippen molar-refractivity contribution in [2.24, 2.45) is 11.8 Å². The lowest BCUT2D eigenvalue weighted by Crippen LogP contribution is -2.73. The predicted molar refractivity (Wildman–Crippen MR) is 105 cm³/mol. The summed E-state index contributed by atoms with van der Waals surface area (Å²) in [5.74, 6) is 1.11. The maximum Gasteiger partial charge on any atom is 0.310 e. The molecular formula is C22H26N2O5. The smallest absolute Gasteiger partial charge is 0.310 e. The number of carbonyl (C=O) groups excluding carboxylic acids is 1. The molecule has 1 aromatic carbocycles. The highest BCUT2D eigenvalue weighted by molar-refractivity contribution is 5.83. The minimum atomic E-state index is -0.645. The van der Waals surface area contributed by atoms with Crippen LogP contribution in [-0.4, -0.2) is 56.7 Å². The van der Waals surface area contributed by atoms with Gasteiger partial charge in [-0.3, -0.25) is 9.69 Å². The van der Waals surface area contributed by atoms with Gasteiger partial charge in [-0.1, -0.05) is 11.6 Å². The normalized spacial score (nSPS) is 41.9. The summed E-state index contributed by atoms with van der Waals surface area (Å²) in [6.07, 6.45) is 3.81. The molecule has 3 saturated heterocycles. The Morgan fingerprint density at radius 3 is 2.83 bits per heavy atom. The average molecular weight is 398 g/mol. The topological polar surface area (TPSA) is 69.3 Å². The summed E-state index contributed by atoms with van der Waals surface area (Å²) in [4.78, 5) is 15.8. The van der Waals surface area contributed by atoms with E-state index in [1.807, 2.05) is 6.07 Å². The Labute approximate surface area is 169 Å². The number of rotatable bonds is 3. The first-order valence-electron chi connectivity index (χ1n) is 10.3. The summed E-state index contributed by atoms with van der Waals surface area (Å²) in [5.41, 5.74) is 2.12. The fourth-order valence-corrected chi connectivity index (χ4v) is 7.10. The van der Waals surface area contributed by atoms with Crippen molar-refractivity contribution in [1.29, 1.82) is 0 Å². The van der Waals surface area contributed by atoms with E-state index < -0.39 is 11.1 Å². The van der Waals surface area contributed by atoms with Gasteiger partial charge in [0.15, 0.2) is 5.72 Å². The molecule has 7 nitrogen and oxygen atoms in total. The molecule has 7 heteroatoms. The van der Waals surface area contributed by atoms with E-state index >= 15 is 0 Å². The van der Waals surface area contributed by atoms with Crippen LogP contribution in [0.4, 0.5) is 5.69 Å². The van der Waals surface area contributed by atoms with Crippen LogP contribution < -0.4 is 14.8 Å². The molecule has 4 fully saturated rings. The van der Waals surface area contributed by atoms with E-state index in [2.05, 4.69) is 29.3 Å². The number of benzene rings is 1. The van der Waals surface area contributed by atoms with Gasteiger partial charge in [0.05, 0.1) is 44.4 Å². The third kappa shape index (κ3) is 1.73. The number of piperidine rings is 2. The molecule has 4 aliphatic heterocycles. The quantitative estimate of drug-likeness (QED) is 0.619. The third-order valence-electron chi connectivity index (χ3n) is 8.12. The first kappa shape index (κ1) is 17.6. The van der Waals surface area contributed by atoms with Gasteiger partial charge in [-0.05, 0) is 30.9 Å². The molecule has 4 bridgehead atoms. The molecule has 0 unspecified atom stereocenters. The molecule has 6 rings (SSSR count). The predicted octanol–water partition coefficient (Wildman–Crippen LogP) is 2.26. The van der Waals surface area contributed by atoms with Gasteiger partial charge in [0, 0.05) is 19.0 Å². The van der Waals surface area contributed by atoms with E-state index in [1.165, 1.54) is 12.7 Å². The van der Waals surface area contributed by atoms with Crippen molar-refractivity contribution >= 4 is 11.7 Å². The number of nitrogens with one attached hydrogen (secondary N) is 1. The fourth-order valence-electron chi connectivity index (χ4n) is 7.10. The zero-order valence-electron chi connectivity index (χ0n) is 17.2. The Bertz CT molecular complexity index is 961. The maximum absolute atomic E-state index is 13.3. The lowest BCUT2D eigenvalue weighted by molar-refractivity contribution is -0.161. The molecule has 0 aromatic heterocycles. The SMILES string of the molecule is CC=C1CN2[C@@H]3C[C@@]45c6cc(OC)cc(OC)c6N[C@]4(O3)[C@@H]2C[C@@H]1[C@@H]5C(=O)OC. The Kier molecular flexibility index (Phi) is 3.31. The molecule has 1 N–H and O–H groups in total. The van der Waals surface area contributed by atoms with Gasteiger partial charge in [0.2, 0.25) is 0 Å². The second-order valence-electron chi connectivity index (χ2n) is 8.76. The summed E-state index contributed by atoms with van der Waals surface area (Å²) >= 11 is 0. The summed E-state index contributed by atoms with van der Waals surface area (Å²) in [5, 5.41) is 3.72. The fraction of sp³-hybridized carbons (Fsp3) is 0.591. The van der Waals surface area contributed by atoms with Crippen molar-refractivity contribution in [2.45, 2.75) is 43.2 Å². The van der Waals surface area contributed by atoms with Crippen molar-refractivity contribution < 1.29 is 23.7 Å². The van der Waals surface area contributed by atoms with Crippen molar-refractivity contribution in [3.05, 3.63) is 29.3 Å². The van der Waals surface area contributed by atoms with Crippen LogP contribution in [0, 0.1) is 11.8 Å². The number of anilines is 1. The Morgan fingerprint density at radius 1 is 1.31 bits per heavy atom. The van der Waals surface area contributed by atoms with Crippen LogP contribution >= 0.6 is 0 Å². The Balaban J connectivity index is 1.66. The van der Waals surface area contributed by atoms with Crippen molar-refractivity contribution in [2.75, 3.05) is 33.2 Å². The number of nitrogens with zero attached hydrogens (tertiary/aromatic N) is 1. The number of fused-ring (bicyclic) bond motifs is 4. The molecule has 4 heterocycles. The first-order valence-corrected chi connectivity index (χ1v) is 10.3. The summed E-state index contributed by atoms with van der Waals surface area (Å²) in [6.45, 7) is 2.92. The van der Waals surface area contributed by atoms with Gasteiger partial charge >= 0.3 is 5.97 Å². The second kappa shape index (κ2) is 5.46. The van der Waals surface area contributed by atoms with Gasteiger partial charge in [-0.15, -0.1) is 0 Å². The van der Waals surface area contributed by atoms with E-state index in [-0.39, 0.29) is 30.1 Å². The average Bonchev–Trinajstić information content (AvgIpc) is 3.34. The number of hydrogen-bond acceptors (Lipinski definition) is 7. The number of carbonyl (C=O) groups is 1. The van der Waals surface area contributed by atoms with E-state index in [1.54, 1.807) is 14.2 Å². The van der Waals surface area contributed by atoms with Crippen LogP contribution in [0.3, 0.4) is 0 Å². The molecular weight excluding hydrogens is 372 g/mol. The monoisotopic (exact) mass is 398 g/mol. The number of ether oxygens (including phenoxy) is 4. The molecule has 6 atom stereocenters. The number of esters is 1. The van der Waals surface area contributed by atoms with Crippen molar-refractivity contribution in [1.82, 2.24) is 4.90 Å². The lowest BCUT2D eigenvalue weighted by Gasteiger charge is -2.60. The minimum Gasteiger partial charge on any atom is -0.497 e. The maximum atomic E-state index is 13.3. The van der Waals surface area contributed by atoms with Crippen LogP contribution in [0.25, 0.3) is 0 Å². The van der Waals surface area contributed by atoms with E-state index in [9.17, 15) is 4.79 Å². The van der Waals surface area contributed by atoms with Crippen LogP contribution in [0.1, 0.15) is 25.3 Å². The second-order valence-corrected chi connectivity index (χ2v) is 8.76. The Morgan fingerprint density at radius 2 is 2.14 bits per heavy atom. The van der Waals surface area contributed by atoms with Crippen LogP contribution in [0.15, 0.2) is 23.8 Å². The van der Waals surface area contributed by atoms with Crippen LogP contribution in [0.2, 0.25) is 0 Å². The molecule has 1 aliphatic carbocycles. The molecule has 1 saturated carbocycles. The van der Waals surface area contributed by atoms with E-state index in [4.69, 9.17) is 18.9 Å². The highest BCUT2D eigenvalue weighted by atomic mass is 16.6. The zero-order valence-corrected chi connectivity index (χ0v) is 17.2. The highest BCUT2D eigenvalue weighted by Gasteiger charge is 2.82. The zero-order chi connectivity index (χ0) is 20.1. The summed E-state index contributed by atoms with van der Waals surface area (Å²) in [7, 11) is 4.81. The van der Waals surface area contributed by atoms with Gasteiger partial charge in [-0.2, -0.15) is 0 Å². The molecule has 1 aromatic rings. The van der Waals surface area contributed by atoms with Gasteiger partial charge < -0.3 is 24.3 Å². The lowest BCUT2D eigenvalue weighted by atomic mass is 9.49. The van der Waals surface area contributed by atoms with Crippen molar-refractivity contribution in [3.63, 3.8) is 0 Å². The molecule has 0 amide bonds. The summed E-state index contributed by atoms with van der Waals surface area (Å²) < 4.78 is 23.4. The van der Waals surface area contributed by atoms with Gasteiger partial charge in [0.25, 0.3) is 0 Å². The molecule has 29 heavy (non-hydrogen) atoms. The van der Waals surface area contributed by atoms with E-state index in [0.717, 1.165) is 36.4 Å². The molecule has 1 spiro atoms. The van der Waals surface area contributed by atoms with Gasteiger partial charge in [0.1, 0.15) is 17.7 Å².